The summed E-state index contributed by atoms with van der Waals surface area (Å²) in [6.07, 6.45) is 1.67. The Morgan fingerprint density at radius 1 is 1.73 bits per heavy atom. The zero-order valence-corrected chi connectivity index (χ0v) is 6.37. The molecule has 0 bridgehead atoms. The Bertz CT molecular complexity index is 184. The molecular formula is C7H11NO3. The fourth-order valence-electron chi connectivity index (χ4n) is 1.34. The molecule has 1 aliphatic rings. The van der Waals surface area contributed by atoms with Gasteiger partial charge in [0.25, 0.3) is 0 Å². The standard InChI is InChI=1S/C7H11NO3/c1-11-6(10)7(8)2-5(3-7)4-9/h4-5H,2-3,8H2,1H3. The monoisotopic (exact) mass is 157 g/mol. The molecule has 0 aliphatic heterocycles. The van der Waals surface area contributed by atoms with E-state index in [2.05, 4.69) is 4.74 Å². The molecular weight excluding hydrogens is 146 g/mol. The number of aldehydes is 1. The van der Waals surface area contributed by atoms with E-state index in [1.165, 1.54) is 7.11 Å². The van der Waals surface area contributed by atoms with E-state index in [9.17, 15) is 9.59 Å². The quantitative estimate of drug-likeness (QED) is 0.432. The van der Waals surface area contributed by atoms with Gasteiger partial charge in [0, 0.05) is 5.92 Å². The van der Waals surface area contributed by atoms with Crippen molar-refractivity contribution in [1.82, 2.24) is 0 Å². The third-order valence-corrected chi connectivity index (χ3v) is 2.04. The molecule has 1 aliphatic carbocycles. The van der Waals surface area contributed by atoms with Gasteiger partial charge in [-0.25, -0.2) is 0 Å². The first-order valence-electron chi connectivity index (χ1n) is 3.45. The molecule has 1 fully saturated rings. The van der Waals surface area contributed by atoms with Crippen molar-refractivity contribution in [2.45, 2.75) is 18.4 Å². The maximum atomic E-state index is 10.9. The van der Waals surface area contributed by atoms with Crippen LogP contribution in [-0.2, 0) is 14.3 Å². The van der Waals surface area contributed by atoms with Crippen molar-refractivity contribution < 1.29 is 14.3 Å². The lowest BCUT2D eigenvalue weighted by atomic mass is 9.70. The lowest BCUT2D eigenvalue weighted by Crippen LogP contribution is -2.58. The van der Waals surface area contributed by atoms with Crippen LogP contribution in [0.1, 0.15) is 12.8 Å². The van der Waals surface area contributed by atoms with E-state index in [4.69, 9.17) is 5.73 Å². The smallest absolute Gasteiger partial charge is 0.325 e. The minimum absolute atomic E-state index is 0.0564. The number of carbonyl (C=O) groups excluding carboxylic acids is 2. The average Bonchev–Trinajstić information content (AvgIpc) is 1.96. The topological polar surface area (TPSA) is 69.4 Å². The summed E-state index contributed by atoms with van der Waals surface area (Å²) in [5, 5.41) is 0. The third kappa shape index (κ3) is 1.26. The average molecular weight is 157 g/mol. The first-order chi connectivity index (χ1) is 5.12. The highest BCUT2D eigenvalue weighted by Crippen LogP contribution is 2.34. The highest BCUT2D eigenvalue weighted by Gasteiger charge is 2.47. The number of nitrogens with two attached hydrogens (primary N) is 1. The van der Waals surface area contributed by atoms with Gasteiger partial charge in [-0.05, 0) is 12.8 Å². The number of hydrogen-bond donors (Lipinski definition) is 1. The molecule has 4 heteroatoms. The van der Waals surface area contributed by atoms with Crippen LogP contribution in [0.3, 0.4) is 0 Å². The summed E-state index contributed by atoms with van der Waals surface area (Å²) in [6.45, 7) is 0. The summed E-state index contributed by atoms with van der Waals surface area (Å²) < 4.78 is 4.47. The summed E-state index contributed by atoms with van der Waals surface area (Å²) in [7, 11) is 1.30. The van der Waals surface area contributed by atoms with Gasteiger partial charge in [-0.1, -0.05) is 0 Å². The Morgan fingerprint density at radius 3 is 2.64 bits per heavy atom. The molecule has 0 atom stereocenters. The van der Waals surface area contributed by atoms with Crippen LogP contribution in [0.25, 0.3) is 0 Å². The van der Waals surface area contributed by atoms with Gasteiger partial charge in [0.15, 0.2) is 0 Å². The highest BCUT2D eigenvalue weighted by molar-refractivity contribution is 5.83. The van der Waals surface area contributed by atoms with E-state index >= 15 is 0 Å². The van der Waals surface area contributed by atoms with Crippen LogP contribution >= 0.6 is 0 Å². The number of rotatable bonds is 2. The second-order valence-electron chi connectivity index (χ2n) is 2.95. The maximum Gasteiger partial charge on any atom is 0.325 e. The Morgan fingerprint density at radius 2 is 2.27 bits per heavy atom. The fourth-order valence-corrected chi connectivity index (χ4v) is 1.34. The van der Waals surface area contributed by atoms with E-state index < -0.39 is 11.5 Å². The number of ether oxygens (including phenoxy) is 1. The van der Waals surface area contributed by atoms with Gasteiger partial charge >= 0.3 is 5.97 Å². The van der Waals surface area contributed by atoms with Crippen molar-refractivity contribution in [3.8, 4) is 0 Å². The minimum Gasteiger partial charge on any atom is -0.468 e. The molecule has 2 N–H and O–H groups in total. The highest BCUT2D eigenvalue weighted by atomic mass is 16.5. The Kier molecular flexibility index (Phi) is 1.95. The van der Waals surface area contributed by atoms with E-state index in [0.29, 0.717) is 12.8 Å². The normalized spacial score (nSPS) is 35.6. The summed E-state index contributed by atoms with van der Waals surface area (Å²) in [4.78, 5) is 21.1. The van der Waals surface area contributed by atoms with E-state index in [1.54, 1.807) is 0 Å². The van der Waals surface area contributed by atoms with E-state index in [0.717, 1.165) is 6.29 Å². The first-order valence-corrected chi connectivity index (χ1v) is 3.45. The van der Waals surface area contributed by atoms with Crippen molar-refractivity contribution in [3.63, 3.8) is 0 Å². The van der Waals surface area contributed by atoms with Gasteiger partial charge in [0.1, 0.15) is 11.8 Å². The molecule has 62 valence electrons. The lowest BCUT2D eigenvalue weighted by molar-refractivity contribution is -0.153. The van der Waals surface area contributed by atoms with E-state index in [-0.39, 0.29) is 5.92 Å². The third-order valence-electron chi connectivity index (χ3n) is 2.04. The fraction of sp³-hybridized carbons (Fsp3) is 0.714. The van der Waals surface area contributed by atoms with Crippen LogP contribution in [0.4, 0.5) is 0 Å². The van der Waals surface area contributed by atoms with Gasteiger partial charge in [0.2, 0.25) is 0 Å². The van der Waals surface area contributed by atoms with E-state index in [1.807, 2.05) is 0 Å². The van der Waals surface area contributed by atoms with Crippen molar-refractivity contribution in [3.05, 3.63) is 0 Å². The predicted octanol–water partition coefficient (Wildman–Crippen LogP) is -0.534. The van der Waals surface area contributed by atoms with Crippen molar-refractivity contribution in [2.24, 2.45) is 11.7 Å². The molecule has 0 aromatic heterocycles. The molecule has 0 amide bonds. The number of carbonyl (C=O) groups is 2. The van der Waals surface area contributed by atoms with Crippen LogP contribution in [0, 0.1) is 5.92 Å². The van der Waals surface area contributed by atoms with Crippen molar-refractivity contribution in [2.75, 3.05) is 7.11 Å². The molecule has 0 unspecified atom stereocenters. The van der Waals surface area contributed by atoms with Crippen LogP contribution in [0.15, 0.2) is 0 Å². The number of esters is 1. The van der Waals surface area contributed by atoms with Crippen LogP contribution in [0.5, 0.6) is 0 Å². The molecule has 0 aromatic rings. The Balaban J connectivity index is 2.48. The largest absolute Gasteiger partial charge is 0.468 e. The molecule has 0 saturated heterocycles. The minimum atomic E-state index is -0.889. The SMILES string of the molecule is COC(=O)C1(N)CC(C=O)C1. The first kappa shape index (κ1) is 8.20. The zero-order valence-electron chi connectivity index (χ0n) is 6.37. The molecule has 0 spiro atoms. The summed E-state index contributed by atoms with van der Waals surface area (Å²) in [5.41, 5.74) is 4.70. The van der Waals surface area contributed by atoms with Crippen LogP contribution < -0.4 is 5.73 Å². The van der Waals surface area contributed by atoms with Crippen LogP contribution in [-0.4, -0.2) is 24.9 Å². The van der Waals surface area contributed by atoms with Crippen LogP contribution in [0.2, 0.25) is 0 Å². The summed E-state index contributed by atoms with van der Waals surface area (Å²) >= 11 is 0. The number of hydrogen-bond acceptors (Lipinski definition) is 4. The maximum absolute atomic E-state index is 10.9. The van der Waals surface area contributed by atoms with Gasteiger partial charge in [-0.3, -0.25) is 4.79 Å². The Labute approximate surface area is 64.7 Å². The molecule has 1 saturated carbocycles. The number of methoxy groups -OCH3 is 1. The molecule has 11 heavy (non-hydrogen) atoms. The molecule has 4 nitrogen and oxygen atoms in total. The van der Waals surface area contributed by atoms with Gasteiger partial charge < -0.3 is 15.3 Å². The zero-order chi connectivity index (χ0) is 8.48. The summed E-state index contributed by atoms with van der Waals surface area (Å²) in [6, 6.07) is 0. The molecule has 1 rings (SSSR count). The van der Waals surface area contributed by atoms with Crippen molar-refractivity contribution in [1.29, 1.82) is 0 Å². The predicted molar refractivity (Wildman–Crippen MR) is 37.7 cm³/mol. The lowest BCUT2D eigenvalue weighted by Gasteiger charge is -2.39. The Hall–Kier alpha value is -0.900. The van der Waals surface area contributed by atoms with Gasteiger partial charge in [-0.2, -0.15) is 0 Å². The second-order valence-corrected chi connectivity index (χ2v) is 2.95. The summed E-state index contributed by atoms with van der Waals surface area (Å²) in [5.74, 6) is -0.477. The van der Waals surface area contributed by atoms with Gasteiger partial charge in [-0.15, -0.1) is 0 Å². The molecule has 0 aromatic carbocycles. The van der Waals surface area contributed by atoms with Gasteiger partial charge in [0.05, 0.1) is 7.11 Å². The molecule has 0 radical (unpaired) electrons. The molecule has 0 heterocycles. The van der Waals surface area contributed by atoms with Crippen molar-refractivity contribution >= 4 is 12.3 Å². The second kappa shape index (κ2) is 2.62.